The molecule has 1 atom stereocenters. The molecule has 0 heterocycles. The van der Waals surface area contributed by atoms with E-state index in [1.54, 1.807) is 44.2 Å². The number of carbonyl (C=O) groups excluding carboxylic acids is 2. The van der Waals surface area contributed by atoms with Gasteiger partial charge in [-0.3, -0.25) is 13.9 Å². The lowest BCUT2D eigenvalue weighted by Crippen LogP contribution is -2.52. The smallest absolute Gasteiger partial charge is 0.352 e. The minimum atomic E-state index is -4.80. The Bertz CT molecular complexity index is 1500. The Morgan fingerprint density at radius 1 is 0.976 bits per heavy atom. The quantitative estimate of drug-likeness (QED) is 0.275. The molecule has 7 nitrogen and oxygen atoms in total. The van der Waals surface area contributed by atoms with Crippen LogP contribution in [0.1, 0.15) is 31.9 Å². The van der Waals surface area contributed by atoms with Crippen LogP contribution in [0, 0.1) is 0 Å². The van der Waals surface area contributed by atoms with E-state index in [2.05, 4.69) is 21.2 Å². The third-order valence-corrected chi connectivity index (χ3v) is 8.58. The summed E-state index contributed by atoms with van der Waals surface area (Å²) in [5.41, 5.74) is -1.04. The first-order valence-electron chi connectivity index (χ1n) is 12.4. The van der Waals surface area contributed by atoms with E-state index in [1.807, 2.05) is 0 Å². The number of rotatable bonds is 10. The van der Waals surface area contributed by atoms with Crippen LogP contribution in [0.3, 0.4) is 0 Å². The van der Waals surface area contributed by atoms with Gasteiger partial charge in [-0.1, -0.05) is 57.9 Å². The SMILES string of the molecule is CC(C)NC(=O)C(C)N(Cc1cccc(Br)c1)C(=O)CN(c1cc(C(F)(F)F)ccc1Cl)S(=O)(=O)c1ccccc1. The Morgan fingerprint density at radius 3 is 2.22 bits per heavy atom. The molecule has 0 aromatic heterocycles. The highest BCUT2D eigenvalue weighted by Crippen LogP contribution is 2.37. The first-order chi connectivity index (χ1) is 19.1. The predicted molar refractivity (Wildman–Crippen MR) is 155 cm³/mol. The summed E-state index contributed by atoms with van der Waals surface area (Å²) in [5, 5.41) is 2.42. The van der Waals surface area contributed by atoms with Gasteiger partial charge in [-0.2, -0.15) is 13.2 Å². The van der Waals surface area contributed by atoms with Crippen LogP contribution in [0.2, 0.25) is 5.02 Å². The van der Waals surface area contributed by atoms with E-state index in [4.69, 9.17) is 11.6 Å². The van der Waals surface area contributed by atoms with Gasteiger partial charge in [0.15, 0.2) is 0 Å². The summed E-state index contributed by atoms with van der Waals surface area (Å²) in [4.78, 5) is 27.7. The number of amides is 2. The largest absolute Gasteiger partial charge is 0.416 e. The van der Waals surface area contributed by atoms with Crippen molar-refractivity contribution in [2.24, 2.45) is 0 Å². The molecular weight excluding hydrogens is 647 g/mol. The molecule has 3 rings (SSSR count). The van der Waals surface area contributed by atoms with E-state index < -0.39 is 51.9 Å². The van der Waals surface area contributed by atoms with Crippen molar-refractivity contribution in [3.05, 3.63) is 93.4 Å². The van der Waals surface area contributed by atoms with Crippen LogP contribution in [-0.4, -0.2) is 43.8 Å². The Kier molecular flexibility index (Phi) is 10.5. The zero-order valence-electron chi connectivity index (χ0n) is 22.3. The minimum absolute atomic E-state index is 0.0828. The normalized spacial score (nSPS) is 12.6. The summed E-state index contributed by atoms with van der Waals surface area (Å²) in [6.07, 6.45) is -4.80. The third-order valence-electron chi connectivity index (χ3n) is 5.99. The summed E-state index contributed by atoms with van der Waals surface area (Å²) in [5.74, 6) is -1.32. The average Bonchev–Trinajstić information content (AvgIpc) is 2.89. The standard InChI is InChI=1S/C28H28BrClF3N3O4S/c1-18(2)34-27(38)19(3)35(16-20-8-7-9-22(29)14-20)26(37)17-36(41(39,40)23-10-5-4-6-11-23)25-15-21(28(31,32)33)12-13-24(25)30/h4-15,18-19H,16-17H2,1-3H3,(H,34,38). The van der Waals surface area contributed by atoms with Gasteiger partial charge in [0.2, 0.25) is 11.8 Å². The van der Waals surface area contributed by atoms with Gasteiger partial charge in [0, 0.05) is 17.1 Å². The maximum atomic E-state index is 13.9. The molecule has 3 aromatic carbocycles. The zero-order valence-corrected chi connectivity index (χ0v) is 25.5. The molecule has 2 amide bonds. The molecule has 3 aromatic rings. The first-order valence-corrected chi connectivity index (χ1v) is 15.0. The van der Waals surface area contributed by atoms with Gasteiger partial charge in [0.05, 0.1) is 21.2 Å². The van der Waals surface area contributed by atoms with Crippen molar-refractivity contribution in [1.82, 2.24) is 10.2 Å². The fourth-order valence-electron chi connectivity index (χ4n) is 3.93. The molecule has 0 saturated carbocycles. The van der Waals surface area contributed by atoms with Crippen molar-refractivity contribution in [2.75, 3.05) is 10.8 Å². The number of nitrogens with zero attached hydrogens (tertiary/aromatic N) is 2. The molecular formula is C28H28BrClF3N3O4S. The molecule has 41 heavy (non-hydrogen) atoms. The Labute approximate surface area is 250 Å². The van der Waals surface area contributed by atoms with Crippen molar-refractivity contribution in [3.8, 4) is 0 Å². The Balaban J connectivity index is 2.13. The zero-order chi connectivity index (χ0) is 30.5. The Hall–Kier alpha value is -3.09. The molecule has 0 aliphatic carbocycles. The van der Waals surface area contributed by atoms with Crippen LogP contribution in [0.4, 0.5) is 18.9 Å². The van der Waals surface area contributed by atoms with E-state index in [0.717, 1.165) is 12.1 Å². The van der Waals surface area contributed by atoms with Crippen LogP contribution in [0.25, 0.3) is 0 Å². The highest BCUT2D eigenvalue weighted by molar-refractivity contribution is 9.10. The van der Waals surface area contributed by atoms with E-state index in [1.165, 1.54) is 36.1 Å². The highest BCUT2D eigenvalue weighted by Gasteiger charge is 2.36. The fourth-order valence-corrected chi connectivity index (χ4v) is 6.10. The average molecular weight is 675 g/mol. The maximum absolute atomic E-state index is 13.9. The lowest BCUT2D eigenvalue weighted by atomic mass is 10.1. The molecule has 13 heteroatoms. The third kappa shape index (κ3) is 8.23. The summed E-state index contributed by atoms with van der Waals surface area (Å²) < 4.78 is 69.7. The van der Waals surface area contributed by atoms with Crippen molar-refractivity contribution in [1.29, 1.82) is 0 Å². The molecule has 0 aliphatic rings. The van der Waals surface area contributed by atoms with Crippen molar-refractivity contribution in [3.63, 3.8) is 0 Å². The predicted octanol–water partition coefficient (Wildman–Crippen LogP) is 6.26. The maximum Gasteiger partial charge on any atom is 0.416 e. The van der Waals surface area contributed by atoms with Crippen LogP contribution >= 0.6 is 27.5 Å². The number of benzene rings is 3. The number of anilines is 1. The lowest BCUT2D eigenvalue weighted by molar-refractivity contribution is -0.139. The van der Waals surface area contributed by atoms with Gasteiger partial charge in [-0.15, -0.1) is 0 Å². The van der Waals surface area contributed by atoms with Crippen LogP contribution in [0.5, 0.6) is 0 Å². The van der Waals surface area contributed by atoms with Gasteiger partial charge in [-0.05, 0) is 68.8 Å². The second-order valence-corrected chi connectivity index (χ2v) is 12.7. The summed E-state index contributed by atoms with van der Waals surface area (Å²) in [7, 11) is -4.59. The number of alkyl halides is 3. The topological polar surface area (TPSA) is 86.8 Å². The molecule has 0 fully saturated rings. The molecule has 0 radical (unpaired) electrons. The van der Waals surface area contributed by atoms with E-state index in [9.17, 15) is 31.2 Å². The molecule has 220 valence electrons. The van der Waals surface area contributed by atoms with Gasteiger partial charge in [0.1, 0.15) is 12.6 Å². The summed E-state index contributed by atoms with van der Waals surface area (Å²) in [6, 6.07) is 14.9. The molecule has 0 aliphatic heterocycles. The number of nitrogens with one attached hydrogen (secondary N) is 1. The highest BCUT2D eigenvalue weighted by atomic mass is 79.9. The Morgan fingerprint density at radius 2 is 1.63 bits per heavy atom. The molecule has 0 saturated heterocycles. The summed E-state index contributed by atoms with van der Waals surface area (Å²) in [6.45, 7) is 3.97. The number of carbonyl (C=O) groups is 2. The van der Waals surface area contributed by atoms with Crippen molar-refractivity contribution in [2.45, 2.75) is 50.5 Å². The second-order valence-electron chi connectivity index (χ2n) is 9.48. The first kappa shape index (κ1) is 32.4. The van der Waals surface area contributed by atoms with Crippen molar-refractivity contribution >= 4 is 55.1 Å². The molecule has 1 N–H and O–H groups in total. The summed E-state index contributed by atoms with van der Waals surface area (Å²) >= 11 is 9.61. The van der Waals surface area contributed by atoms with Gasteiger partial charge >= 0.3 is 6.18 Å². The van der Waals surface area contributed by atoms with Gasteiger partial charge < -0.3 is 10.2 Å². The van der Waals surface area contributed by atoms with Crippen LogP contribution in [-0.2, 0) is 32.3 Å². The molecule has 0 spiro atoms. The fraction of sp³-hybridized carbons (Fsp3) is 0.286. The van der Waals surface area contributed by atoms with Gasteiger partial charge in [-0.25, -0.2) is 8.42 Å². The minimum Gasteiger partial charge on any atom is -0.352 e. The van der Waals surface area contributed by atoms with Crippen LogP contribution in [0.15, 0.2) is 82.2 Å². The lowest BCUT2D eigenvalue weighted by Gasteiger charge is -2.32. The number of sulfonamides is 1. The van der Waals surface area contributed by atoms with E-state index >= 15 is 0 Å². The van der Waals surface area contributed by atoms with Crippen molar-refractivity contribution < 1.29 is 31.2 Å². The molecule has 1 unspecified atom stereocenters. The number of hydrogen-bond donors (Lipinski definition) is 1. The second kappa shape index (κ2) is 13.3. The van der Waals surface area contributed by atoms with E-state index in [0.29, 0.717) is 20.4 Å². The number of halogens is 5. The van der Waals surface area contributed by atoms with E-state index in [-0.39, 0.29) is 22.5 Å². The monoisotopic (exact) mass is 673 g/mol. The number of hydrogen-bond acceptors (Lipinski definition) is 4. The van der Waals surface area contributed by atoms with Gasteiger partial charge in [0.25, 0.3) is 10.0 Å². The van der Waals surface area contributed by atoms with Crippen LogP contribution < -0.4 is 9.62 Å². The molecule has 0 bridgehead atoms.